The number of carboxylic acid groups (broad SMARTS) is 1. The van der Waals surface area contributed by atoms with Crippen LogP contribution in [0.4, 0.5) is 0 Å². The molecule has 1 aromatic carbocycles. The normalized spacial score (nSPS) is 19.2. The van der Waals surface area contributed by atoms with Gasteiger partial charge in [-0.1, -0.05) is 12.1 Å². The summed E-state index contributed by atoms with van der Waals surface area (Å²) < 4.78 is 34.1. The van der Waals surface area contributed by atoms with Crippen LogP contribution < -0.4 is 4.74 Å². The Hall–Kier alpha value is -1.64. The summed E-state index contributed by atoms with van der Waals surface area (Å²) in [6, 6.07) is 6.55. The number of sulfone groups is 1. The molecule has 1 fully saturated rings. The molecule has 1 atom stereocenters. The second-order valence-corrected chi connectivity index (χ2v) is 8.32. The maximum absolute atomic E-state index is 11.7. The number of hydrogen-bond acceptors (Lipinski definition) is 6. The van der Waals surface area contributed by atoms with Crippen LogP contribution in [-0.4, -0.2) is 75.4 Å². The third-order valence-corrected chi connectivity index (χ3v) is 6.02. The number of rotatable bonds is 10. The largest absolute Gasteiger partial charge is 0.493 e. The van der Waals surface area contributed by atoms with Crippen LogP contribution >= 0.6 is 0 Å². The smallest absolute Gasteiger partial charge is 0.339 e. The minimum Gasteiger partial charge on any atom is -0.493 e. The zero-order chi connectivity index (χ0) is 18.3. The van der Waals surface area contributed by atoms with Crippen LogP contribution in [0.1, 0.15) is 23.2 Å². The summed E-state index contributed by atoms with van der Waals surface area (Å²) in [6.07, 6.45) is 1.32. The van der Waals surface area contributed by atoms with Gasteiger partial charge in [0.2, 0.25) is 0 Å². The quantitative estimate of drug-likeness (QED) is 0.620. The molecule has 0 spiro atoms. The van der Waals surface area contributed by atoms with Gasteiger partial charge >= 0.3 is 5.97 Å². The Morgan fingerprint density at radius 2 is 2.04 bits per heavy atom. The average Bonchev–Trinajstić information content (AvgIpc) is 2.94. The summed E-state index contributed by atoms with van der Waals surface area (Å²) in [5.41, 5.74) is 0.139. The fourth-order valence-corrected chi connectivity index (χ4v) is 4.73. The van der Waals surface area contributed by atoms with E-state index in [0.717, 1.165) is 0 Å². The fourth-order valence-electron chi connectivity index (χ4n) is 2.97. The van der Waals surface area contributed by atoms with Crippen LogP contribution in [0.15, 0.2) is 24.3 Å². The minimum atomic E-state index is -2.93. The van der Waals surface area contributed by atoms with E-state index in [4.69, 9.17) is 14.6 Å². The first-order valence-corrected chi connectivity index (χ1v) is 10.1. The van der Waals surface area contributed by atoms with Crippen molar-refractivity contribution in [1.82, 2.24) is 4.90 Å². The van der Waals surface area contributed by atoms with Crippen molar-refractivity contribution in [2.75, 3.05) is 44.9 Å². The predicted octanol–water partition coefficient (Wildman–Crippen LogP) is 1.29. The van der Waals surface area contributed by atoms with Crippen LogP contribution in [-0.2, 0) is 14.6 Å². The molecule has 1 unspecified atom stereocenters. The summed E-state index contributed by atoms with van der Waals surface area (Å²) in [6.45, 7) is 2.26. The zero-order valence-electron chi connectivity index (χ0n) is 14.4. The van der Waals surface area contributed by atoms with Gasteiger partial charge in [-0.3, -0.25) is 4.90 Å². The lowest BCUT2D eigenvalue weighted by Gasteiger charge is -2.27. The second-order valence-electron chi connectivity index (χ2n) is 6.09. The van der Waals surface area contributed by atoms with E-state index in [1.165, 1.54) is 6.07 Å². The SMILES string of the molecule is COCCN(CCCOc1ccccc1C(=O)O)C1CCS(=O)(=O)C1. The maximum atomic E-state index is 11.7. The van der Waals surface area contributed by atoms with Gasteiger partial charge in [0.1, 0.15) is 11.3 Å². The molecule has 1 aromatic rings. The van der Waals surface area contributed by atoms with E-state index in [1.54, 1.807) is 25.3 Å². The van der Waals surface area contributed by atoms with Gasteiger partial charge in [0, 0.05) is 26.2 Å². The molecule has 1 N–H and O–H groups in total. The molecule has 2 rings (SSSR count). The number of ether oxygens (including phenoxy) is 2. The fraction of sp³-hybridized carbons (Fsp3) is 0.588. The molecule has 25 heavy (non-hydrogen) atoms. The Bertz CT molecular complexity index is 675. The number of hydrogen-bond donors (Lipinski definition) is 1. The van der Waals surface area contributed by atoms with Gasteiger partial charge < -0.3 is 14.6 Å². The van der Waals surface area contributed by atoms with Crippen molar-refractivity contribution < 1.29 is 27.8 Å². The van der Waals surface area contributed by atoms with Crippen LogP contribution in [0.2, 0.25) is 0 Å². The molecular weight excluding hydrogens is 346 g/mol. The van der Waals surface area contributed by atoms with Crippen LogP contribution in [0.25, 0.3) is 0 Å². The first kappa shape index (κ1) is 19.7. The highest BCUT2D eigenvalue weighted by atomic mass is 32.2. The Balaban J connectivity index is 1.86. The molecule has 7 nitrogen and oxygen atoms in total. The molecule has 0 amide bonds. The number of para-hydroxylation sites is 1. The van der Waals surface area contributed by atoms with Crippen molar-refractivity contribution in [2.45, 2.75) is 18.9 Å². The van der Waals surface area contributed by atoms with E-state index in [2.05, 4.69) is 4.90 Å². The van der Waals surface area contributed by atoms with E-state index in [-0.39, 0.29) is 23.1 Å². The summed E-state index contributed by atoms with van der Waals surface area (Å²) in [4.78, 5) is 13.3. The van der Waals surface area contributed by atoms with Crippen molar-refractivity contribution in [3.8, 4) is 5.75 Å². The highest BCUT2D eigenvalue weighted by Gasteiger charge is 2.31. The van der Waals surface area contributed by atoms with Gasteiger partial charge in [0.05, 0.1) is 24.7 Å². The maximum Gasteiger partial charge on any atom is 0.339 e. The number of aromatic carboxylic acids is 1. The van der Waals surface area contributed by atoms with Gasteiger partial charge in [-0.2, -0.15) is 0 Å². The number of benzene rings is 1. The predicted molar refractivity (Wildman–Crippen MR) is 94.0 cm³/mol. The number of carbonyl (C=O) groups is 1. The third-order valence-electron chi connectivity index (χ3n) is 4.27. The van der Waals surface area contributed by atoms with Crippen molar-refractivity contribution in [2.24, 2.45) is 0 Å². The Morgan fingerprint density at radius 3 is 2.68 bits per heavy atom. The van der Waals surface area contributed by atoms with Crippen molar-refractivity contribution in [3.63, 3.8) is 0 Å². The highest BCUT2D eigenvalue weighted by Crippen LogP contribution is 2.20. The van der Waals surface area contributed by atoms with Crippen molar-refractivity contribution in [3.05, 3.63) is 29.8 Å². The van der Waals surface area contributed by atoms with E-state index in [0.29, 0.717) is 44.9 Å². The Kier molecular flexibility index (Phi) is 7.22. The molecule has 1 heterocycles. The van der Waals surface area contributed by atoms with Crippen LogP contribution in [0.3, 0.4) is 0 Å². The first-order valence-electron chi connectivity index (χ1n) is 8.31. The van der Waals surface area contributed by atoms with Gasteiger partial charge in [0.25, 0.3) is 0 Å². The monoisotopic (exact) mass is 371 g/mol. The zero-order valence-corrected chi connectivity index (χ0v) is 15.2. The van der Waals surface area contributed by atoms with Gasteiger partial charge in [-0.25, -0.2) is 13.2 Å². The summed E-state index contributed by atoms with van der Waals surface area (Å²) in [5, 5.41) is 9.14. The molecule has 0 bridgehead atoms. The van der Waals surface area contributed by atoms with Crippen LogP contribution in [0.5, 0.6) is 5.75 Å². The van der Waals surface area contributed by atoms with Crippen molar-refractivity contribution in [1.29, 1.82) is 0 Å². The topological polar surface area (TPSA) is 93.1 Å². The Labute approximate surface area is 148 Å². The summed E-state index contributed by atoms with van der Waals surface area (Å²) in [7, 11) is -1.31. The van der Waals surface area contributed by atoms with Crippen LogP contribution in [0, 0.1) is 0 Å². The molecule has 140 valence electrons. The number of nitrogens with zero attached hydrogens (tertiary/aromatic N) is 1. The summed E-state index contributed by atoms with van der Waals surface area (Å²) in [5.74, 6) is -0.237. The summed E-state index contributed by atoms with van der Waals surface area (Å²) >= 11 is 0. The Morgan fingerprint density at radius 1 is 1.28 bits per heavy atom. The second kappa shape index (κ2) is 9.17. The molecule has 1 aliphatic heterocycles. The molecular formula is C17H25NO6S. The first-order chi connectivity index (χ1) is 11.9. The molecule has 0 saturated carbocycles. The van der Waals surface area contributed by atoms with Crippen molar-refractivity contribution >= 4 is 15.8 Å². The number of methoxy groups -OCH3 is 1. The molecule has 0 radical (unpaired) electrons. The van der Waals surface area contributed by atoms with E-state index < -0.39 is 15.8 Å². The third kappa shape index (κ3) is 5.98. The standard InChI is InChI=1S/C17H25NO6S/c1-23-11-9-18(14-7-12-25(21,22)13-14)8-4-10-24-16-6-3-2-5-15(16)17(19)20/h2-3,5-6,14H,4,7-13H2,1H3,(H,19,20). The average molecular weight is 371 g/mol. The van der Waals surface area contributed by atoms with Gasteiger partial charge in [-0.05, 0) is 25.0 Å². The number of carboxylic acids is 1. The van der Waals surface area contributed by atoms with Gasteiger partial charge in [0.15, 0.2) is 9.84 Å². The van der Waals surface area contributed by atoms with E-state index in [1.807, 2.05) is 0 Å². The van der Waals surface area contributed by atoms with E-state index in [9.17, 15) is 13.2 Å². The molecule has 1 aliphatic rings. The minimum absolute atomic E-state index is 0.0199. The lowest BCUT2D eigenvalue weighted by molar-refractivity contribution is 0.0691. The molecule has 1 saturated heterocycles. The lowest BCUT2D eigenvalue weighted by Crippen LogP contribution is -2.39. The highest BCUT2D eigenvalue weighted by molar-refractivity contribution is 7.91. The lowest BCUT2D eigenvalue weighted by atomic mass is 10.2. The molecule has 0 aliphatic carbocycles. The van der Waals surface area contributed by atoms with Gasteiger partial charge in [-0.15, -0.1) is 0 Å². The molecule has 0 aromatic heterocycles. The molecule has 8 heteroatoms. The van der Waals surface area contributed by atoms with E-state index >= 15 is 0 Å².